The molecule has 0 bridgehead atoms. The highest BCUT2D eigenvalue weighted by Gasteiger charge is 2.27. The monoisotopic (exact) mass is 386 g/mol. The number of aryl methyl sites for hydroxylation is 1. The molecule has 6 nitrogen and oxygen atoms in total. The molecule has 154 valence electrons. The van der Waals surface area contributed by atoms with E-state index in [4.69, 9.17) is 0 Å². The third-order valence-electron chi connectivity index (χ3n) is 6.03. The van der Waals surface area contributed by atoms with Crippen LogP contribution >= 0.6 is 0 Å². The average Bonchev–Trinajstić information content (AvgIpc) is 2.75. The Labute approximate surface area is 168 Å². The maximum absolute atomic E-state index is 12.6. The van der Waals surface area contributed by atoms with E-state index in [1.54, 1.807) is 0 Å². The molecule has 1 N–H and O–H groups in total. The molecule has 0 aliphatic carbocycles. The molecule has 2 fully saturated rings. The van der Waals surface area contributed by atoms with Crippen LogP contribution in [0.5, 0.6) is 0 Å². The van der Waals surface area contributed by atoms with Crippen LogP contribution in [0.25, 0.3) is 0 Å². The number of carbonyl (C=O) groups excluding carboxylic acids is 2. The van der Waals surface area contributed by atoms with Crippen LogP contribution in [0.4, 0.5) is 5.69 Å². The maximum atomic E-state index is 12.6. The van der Waals surface area contributed by atoms with Crippen molar-refractivity contribution in [2.45, 2.75) is 45.6 Å². The Bertz CT molecular complexity index is 647. The van der Waals surface area contributed by atoms with Gasteiger partial charge in [0, 0.05) is 45.0 Å². The van der Waals surface area contributed by atoms with E-state index in [1.165, 1.54) is 12.0 Å². The van der Waals surface area contributed by atoms with Gasteiger partial charge >= 0.3 is 0 Å². The van der Waals surface area contributed by atoms with E-state index in [9.17, 15) is 9.59 Å². The van der Waals surface area contributed by atoms with Gasteiger partial charge in [-0.25, -0.2) is 0 Å². The summed E-state index contributed by atoms with van der Waals surface area (Å²) in [5, 5.41) is 3.02. The maximum Gasteiger partial charge on any atom is 0.241 e. The first-order chi connectivity index (χ1) is 13.6. The van der Waals surface area contributed by atoms with Gasteiger partial charge in [-0.3, -0.25) is 19.4 Å². The number of hydrogen-bond donors (Lipinski definition) is 1. The van der Waals surface area contributed by atoms with E-state index in [-0.39, 0.29) is 17.9 Å². The molecule has 1 atom stereocenters. The number of nitrogens with one attached hydrogen (secondary N) is 1. The molecule has 3 rings (SSSR count). The summed E-state index contributed by atoms with van der Waals surface area (Å²) in [5.74, 6) is 0.288. The van der Waals surface area contributed by atoms with E-state index in [1.807, 2.05) is 24.0 Å². The Morgan fingerprint density at radius 2 is 1.61 bits per heavy atom. The standard InChI is InChI=1S/C22H34N4O2/c1-3-19-7-9-20(10-8-19)23-22(28)18(2)25-15-13-24(14-16-25)17-21(27)26-11-5-4-6-12-26/h7-10,18H,3-6,11-17H2,1-2H3,(H,23,28). The number of benzene rings is 1. The van der Waals surface area contributed by atoms with Crippen molar-refractivity contribution in [2.75, 3.05) is 51.1 Å². The molecule has 1 aromatic rings. The van der Waals surface area contributed by atoms with Gasteiger partial charge in [0.25, 0.3) is 0 Å². The number of hydrogen-bond acceptors (Lipinski definition) is 4. The van der Waals surface area contributed by atoms with Gasteiger partial charge < -0.3 is 10.2 Å². The van der Waals surface area contributed by atoms with Crippen molar-refractivity contribution >= 4 is 17.5 Å². The second-order valence-electron chi connectivity index (χ2n) is 7.97. The normalized spacial score (nSPS) is 20.0. The second kappa shape index (κ2) is 10.0. The number of rotatable bonds is 6. The summed E-state index contributed by atoms with van der Waals surface area (Å²) in [7, 11) is 0. The Kier molecular flexibility index (Phi) is 7.45. The van der Waals surface area contributed by atoms with Crippen LogP contribution < -0.4 is 5.32 Å². The van der Waals surface area contributed by atoms with Crippen molar-refractivity contribution < 1.29 is 9.59 Å². The highest BCUT2D eigenvalue weighted by Crippen LogP contribution is 2.14. The molecule has 2 aliphatic heterocycles. The van der Waals surface area contributed by atoms with Crippen LogP contribution in [0.15, 0.2) is 24.3 Å². The number of anilines is 1. The van der Waals surface area contributed by atoms with Crippen molar-refractivity contribution in [1.29, 1.82) is 0 Å². The number of nitrogens with zero attached hydrogens (tertiary/aromatic N) is 3. The lowest BCUT2D eigenvalue weighted by molar-refractivity contribution is -0.134. The predicted octanol–water partition coefficient (Wildman–Crippen LogP) is 2.21. The Morgan fingerprint density at radius 3 is 2.21 bits per heavy atom. The van der Waals surface area contributed by atoms with E-state index < -0.39 is 0 Å². The lowest BCUT2D eigenvalue weighted by atomic mass is 10.1. The molecular formula is C22H34N4O2. The summed E-state index contributed by atoms with van der Waals surface area (Å²) in [6.07, 6.45) is 4.50. The van der Waals surface area contributed by atoms with Crippen molar-refractivity contribution in [3.05, 3.63) is 29.8 Å². The molecule has 0 saturated carbocycles. The molecule has 28 heavy (non-hydrogen) atoms. The Balaban J connectivity index is 1.42. The molecule has 1 aromatic carbocycles. The first kappa shape index (κ1) is 20.8. The van der Waals surface area contributed by atoms with E-state index >= 15 is 0 Å². The van der Waals surface area contributed by atoms with Crippen LogP contribution in [-0.2, 0) is 16.0 Å². The molecule has 2 amide bonds. The topological polar surface area (TPSA) is 55.9 Å². The van der Waals surface area contributed by atoms with Crippen molar-refractivity contribution in [2.24, 2.45) is 0 Å². The van der Waals surface area contributed by atoms with Gasteiger partial charge in [0.1, 0.15) is 0 Å². The van der Waals surface area contributed by atoms with E-state index in [2.05, 4.69) is 34.2 Å². The highest BCUT2D eigenvalue weighted by molar-refractivity contribution is 5.94. The average molecular weight is 387 g/mol. The van der Waals surface area contributed by atoms with Gasteiger partial charge in [-0.15, -0.1) is 0 Å². The molecular weight excluding hydrogens is 352 g/mol. The SMILES string of the molecule is CCc1ccc(NC(=O)C(C)N2CCN(CC(=O)N3CCCCC3)CC2)cc1. The van der Waals surface area contributed by atoms with E-state index in [0.717, 1.165) is 64.2 Å². The smallest absolute Gasteiger partial charge is 0.241 e. The largest absolute Gasteiger partial charge is 0.342 e. The summed E-state index contributed by atoms with van der Waals surface area (Å²) in [4.78, 5) is 31.5. The molecule has 2 heterocycles. The first-order valence-corrected chi connectivity index (χ1v) is 10.7. The molecule has 0 spiro atoms. The number of piperazine rings is 1. The zero-order chi connectivity index (χ0) is 19.9. The summed E-state index contributed by atoms with van der Waals surface area (Å²) >= 11 is 0. The van der Waals surface area contributed by atoms with Crippen molar-refractivity contribution in [3.8, 4) is 0 Å². The molecule has 6 heteroatoms. The molecule has 0 aromatic heterocycles. The third kappa shape index (κ3) is 5.55. The van der Waals surface area contributed by atoms with Crippen LogP contribution in [0.3, 0.4) is 0 Å². The minimum Gasteiger partial charge on any atom is -0.342 e. The fourth-order valence-electron chi connectivity index (χ4n) is 3.98. The predicted molar refractivity (Wildman–Crippen MR) is 112 cm³/mol. The third-order valence-corrected chi connectivity index (χ3v) is 6.03. The van der Waals surface area contributed by atoms with Crippen molar-refractivity contribution in [3.63, 3.8) is 0 Å². The summed E-state index contributed by atoms with van der Waals surface area (Å²) in [5.41, 5.74) is 2.11. The zero-order valence-electron chi connectivity index (χ0n) is 17.3. The minimum absolute atomic E-state index is 0.0297. The van der Waals surface area contributed by atoms with Gasteiger partial charge in [0.2, 0.25) is 11.8 Å². The quantitative estimate of drug-likeness (QED) is 0.814. The van der Waals surface area contributed by atoms with Gasteiger partial charge in [0.15, 0.2) is 0 Å². The van der Waals surface area contributed by atoms with Gasteiger partial charge in [-0.1, -0.05) is 19.1 Å². The van der Waals surface area contributed by atoms with Crippen molar-refractivity contribution in [1.82, 2.24) is 14.7 Å². The zero-order valence-corrected chi connectivity index (χ0v) is 17.3. The number of amides is 2. The van der Waals surface area contributed by atoms with Crippen LogP contribution in [0.1, 0.15) is 38.7 Å². The van der Waals surface area contributed by atoms with E-state index in [0.29, 0.717) is 6.54 Å². The van der Waals surface area contributed by atoms with Crippen LogP contribution in [0, 0.1) is 0 Å². The number of carbonyl (C=O) groups is 2. The lowest BCUT2D eigenvalue weighted by Gasteiger charge is -2.38. The Morgan fingerprint density at radius 1 is 0.964 bits per heavy atom. The fourth-order valence-corrected chi connectivity index (χ4v) is 3.98. The van der Waals surface area contributed by atoms with Crippen LogP contribution in [0.2, 0.25) is 0 Å². The summed E-state index contributed by atoms with van der Waals surface area (Å²) < 4.78 is 0. The molecule has 2 saturated heterocycles. The molecule has 0 radical (unpaired) electrons. The van der Waals surface area contributed by atoms with Crippen LogP contribution in [-0.4, -0.2) is 78.4 Å². The van der Waals surface area contributed by atoms with Gasteiger partial charge in [-0.05, 0) is 50.3 Å². The van der Waals surface area contributed by atoms with Gasteiger partial charge in [0.05, 0.1) is 12.6 Å². The second-order valence-corrected chi connectivity index (χ2v) is 7.97. The molecule has 1 unspecified atom stereocenters. The summed E-state index contributed by atoms with van der Waals surface area (Å²) in [6, 6.07) is 7.86. The first-order valence-electron chi connectivity index (χ1n) is 10.7. The summed E-state index contributed by atoms with van der Waals surface area (Å²) in [6.45, 7) is 9.72. The minimum atomic E-state index is -0.175. The fraction of sp³-hybridized carbons (Fsp3) is 0.636. The molecule has 2 aliphatic rings. The lowest BCUT2D eigenvalue weighted by Crippen LogP contribution is -2.54. The number of piperidine rings is 1. The Hall–Kier alpha value is -1.92. The number of likely N-dealkylation sites (tertiary alicyclic amines) is 1. The highest BCUT2D eigenvalue weighted by atomic mass is 16.2. The van der Waals surface area contributed by atoms with Gasteiger partial charge in [-0.2, -0.15) is 0 Å².